The summed E-state index contributed by atoms with van der Waals surface area (Å²) in [5.41, 5.74) is 0.982. The van der Waals surface area contributed by atoms with Crippen LogP contribution in [0, 0.1) is 0 Å². The Balaban J connectivity index is 1.59. The Kier molecular flexibility index (Phi) is 5.02. The number of pyridine rings is 1. The van der Waals surface area contributed by atoms with Crippen LogP contribution >= 0.6 is 28.1 Å². The minimum Gasteiger partial charge on any atom is -0.492 e. The summed E-state index contributed by atoms with van der Waals surface area (Å²) >= 11 is 8.74. The van der Waals surface area contributed by atoms with Gasteiger partial charge in [0.1, 0.15) is 5.75 Å². The molecule has 8 heteroatoms. The molecule has 0 aliphatic heterocycles. The van der Waals surface area contributed by atoms with E-state index in [1.165, 1.54) is 0 Å². The topological polar surface area (TPSA) is 72.0 Å². The molecule has 0 spiro atoms. The number of rotatable bonds is 5. The molecule has 120 valence electrons. The highest BCUT2D eigenvalue weighted by molar-refractivity contribution is 9.10. The molecule has 2 heterocycles. The molecule has 2 unspecified atom stereocenters. The smallest absolute Gasteiger partial charge is 0.172 e. The molecule has 1 fully saturated rings. The summed E-state index contributed by atoms with van der Waals surface area (Å²) in [5, 5.41) is 14.7. The Bertz CT molecular complexity index is 714. The molecular weight excluding hydrogens is 378 g/mol. The van der Waals surface area contributed by atoms with Crippen molar-refractivity contribution in [3.05, 3.63) is 40.8 Å². The highest BCUT2D eigenvalue weighted by atomic mass is 79.9. The number of anilines is 1. The molecule has 6 nitrogen and oxygen atoms in total. The number of hydrogen-bond donors (Lipinski definition) is 2. The van der Waals surface area contributed by atoms with Crippen molar-refractivity contribution in [2.45, 2.75) is 25.3 Å². The highest BCUT2D eigenvalue weighted by Crippen LogP contribution is 2.43. The van der Waals surface area contributed by atoms with E-state index >= 15 is 0 Å². The Morgan fingerprint density at radius 1 is 1.43 bits per heavy atom. The third kappa shape index (κ3) is 3.94. The summed E-state index contributed by atoms with van der Waals surface area (Å²) in [6.45, 7) is 2.60. The largest absolute Gasteiger partial charge is 0.492 e. The molecule has 1 saturated carbocycles. The van der Waals surface area contributed by atoms with Gasteiger partial charge in [0.15, 0.2) is 10.9 Å². The molecule has 23 heavy (non-hydrogen) atoms. The third-order valence-corrected chi connectivity index (χ3v) is 4.32. The van der Waals surface area contributed by atoms with E-state index in [1.807, 2.05) is 19.1 Å². The molecule has 0 bridgehead atoms. The van der Waals surface area contributed by atoms with Crippen LogP contribution < -0.4 is 15.4 Å². The Morgan fingerprint density at radius 3 is 3.09 bits per heavy atom. The lowest BCUT2D eigenvalue weighted by Crippen LogP contribution is -2.31. The van der Waals surface area contributed by atoms with Crippen LogP contribution in [-0.4, -0.2) is 32.9 Å². The number of thiocarbonyl (C=S) groups is 1. The van der Waals surface area contributed by atoms with E-state index in [2.05, 4.69) is 41.7 Å². The number of ether oxygens (including phenoxy) is 1. The van der Waals surface area contributed by atoms with Crippen molar-refractivity contribution < 1.29 is 4.74 Å². The SMILES string of the molecule is CCOc1cccnc1C1CC1NC(=S)Nc1nnccc1Br. The number of nitrogens with one attached hydrogen (secondary N) is 2. The summed E-state index contributed by atoms with van der Waals surface area (Å²) in [6, 6.07) is 5.89. The first-order valence-corrected chi connectivity index (χ1v) is 8.51. The zero-order valence-electron chi connectivity index (χ0n) is 12.5. The number of halogens is 1. The van der Waals surface area contributed by atoms with Crippen LogP contribution in [0.3, 0.4) is 0 Å². The fourth-order valence-electron chi connectivity index (χ4n) is 2.33. The Hall–Kier alpha value is -1.80. The fourth-order valence-corrected chi connectivity index (χ4v) is 2.87. The molecule has 0 aromatic carbocycles. The van der Waals surface area contributed by atoms with Crippen LogP contribution in [0.2, 0.25) is 0 Å². The summed E-state index contributed by atoms with van der Waals surface area (Å²) in [6.07, 6.45) is 4.38. The number of hydrogen-bond acceptors (Lipinski definition) is 5. The minimum absolute atomic E-state index is 0.250. The first-order chi connectivity index (χ1) is 11.2. The second-order valence-electron chi connectivity index (χ2n) is 5.09. The molecular formula is C15H16BrN5OS. The summed E-state index contributed by atoms with van der Waals surface area (Å²) in [5.74, 6) is 1.75. The maximum absolute atomic E-state index is 5.64. The van der Waals surface area contributed by atoms with Crippen LogP contribution in [0.25, 0.3) is 0 Å². The maximum Gasteiger partial charge on any atom is 0.172 e. The lowest BCUT2D eigenvalue weighted by molar-refractivity contribution is 0.334. The van der Waals surface area contributed by atoms with Crippen LogP contribution in [0.15, 0.2) is 35.1 Å². The molecule has 2 atom stereocenters. The zero-order valence-corrected chi connectivity index (χ0v) is 14.9. The Morgan fingerprint density at radius 2 is 2.30 bits per heavy atom. The van der Waals surface area contributed by atoms with Gasteiger partial charge in [-0.15, -0.1) is 5.10 Å². The average molecular weight is 394 g/mol. The first-order valence-electron chi connectivity index (χ1n) is 7.31. The van der Waals surface area contributed by atoms with Gasteiger partial charge in [0, 0.05) is 18.2 Å². The van der Waals surface area contributed by atoms with Gasteiger partial charge in [-0.2, -0.15) is 5.10 Å². The van der Waals surface area contributed by atoms with Gasteiger partial charge in [0.25, 0.3) is 0 Å². The summed E-state index contributed by atoms with van der Waals surface area (Å²) in [7, 11) is 0. The molecule has 1 aliphatic rings. The van der Waals surface area contributed by atoms with Gasteiger partial charge >= 0.3 is 0 Å². The molecule has 0 radical (unpaired) electrons. The normalized spacial score (nSPS) is 19.0. The highest BCUT2D eigenvalue weighted by Gasteiger charge is 2.41. The van der Waals surface area contributed by atoms with Gasteiger partial charge in [0.2, 0.25) is 0 Å². The monoisotopic (exact) mass is 393 g/mol. The maximum atomic E-state index is 5.64. The van der Waals surface area contributed by atoms with Crippen molar-refractivity contribution in [3.63, 3.8) is 0 Å². The molecule has 1 aliphatic carbocycles. The molecule has 0 amide bonds. The van der Waals surface area contributed by atoms with Crippen LogP contribution in [-0.2, 0) is 0 Å². The second kappa shape index (κ2) is 7.18. The van der Waals surface area contributed by atoms with Crippen LogP contribution in [0.5, 0.6) is 5.75 Å². The minimum atomic E-state index is 0.250. The number of nitrogens with zero attached hydrogens (tertiary/aromatic N) is 3. The third-order valence-electron chi connectivity index (χ3n) is 3.46. The summed E-state index contributed by atoms with van der Waals surface area (Å²) < 4.78 is 6.45. The van der Waals surface area contributed by atoms with Crippen molar-refractivity contribution in [3.8, 4) is 5.75 Å². The van der Waals surface area contributed by atoms with Crippen LogP contribution in [0.1, 0.15) is 25.0 Å². The van der Waals surface area contributed by atoms with Crippen LogP contribution in [0.4, 0.5) is 5.82 Å². The predicted molar refractivity (Wildman–Crippen MR) is 95.6 cm³/mol. The lowest BCUT2D eigenvalue weighted by Gasteiger charge is -2.11. The molecule has 3 rings (SSSR count). The summed E-state index contributed by atoms with van der Waals surface area (Å²) in [4.78, 5) is 4.46. The predicted octanol–water partition coefficient (Wildman–Crippen LogP) is 2.88. The molecule has 0 saturated heterocycles. The van der Waals surface area contributed by atoms with Gasteiger partial charge in [-0.25, -0.2) is 0 Å². The zero-order chi connectivity index (χ0) is 16.2. The molecule has 2 N–H and O–H groups in total. The van der Waals surface area contributed by atoms with Crippen molar-refractivity contribution in [2.24, 2.45) is 0 Å². The van der Waals surface area contributed by atoms with Gasteiger partial charge in [-0.05, 0) is 59.7 Å². The Labute approximate surface area is 148 Å². The second-order valence-corrected chi connectivity index (χ2v) is 6.36. The standard InChI is InChI=1S/C15H16BrN5OS/c1-2-22-12-4-3-6-17-13(12)9-8-11(9)19-15(23)20-14-10(16)5-7-18-21-14/h3-7,9,11H,2,8H2,1H3,(H2,19,20,21,23). The van der Waals surface area contributed by atoms with E-state index in [-0.39, 0.29) is 6.04 Å². The van der Waals surface area contributed by atoms with Crippen molar-refractivity contribution in [1.29, 1.82) is 0 Å². The number of aromatic nitrogens is 3. The van der Waals surface area contributed by atoms with Crippen molar-refractivity contribution in [1.82, 2.24) is 20.5 Å². The van der Waals surface area contributed by atoms with Gasteiger partial charge in [-0.3, -0.25) is 4.98 Å². The first kappa shape index (κ1) is 16.1. The fraction of sp³-hybridized carbons (Fsp3) is 0.333. The van der Waals surface area contributed by atoms with Gasteiger partial charge < -0.3 is 15.4 Å². The quantitative estimate of drug-likeness (QED) is 0.756. The van der Waals surface area contributed by atoms with Crippen molar-refractivity contribution in [2.75, 3.05) is 11.9 Å². The molecule has 2 aromatic heterocycles. The van der Waals surface area contributed by atoms with E-state index in [0.717, 1.165) is 22.3 Å². The van der Waals surface area contributed by atoms with Gasteiger partial charge in [0.05, 0.1) is 23.0 Å². The van der Waals surface area contributed by atoms with E-state index in [9.17, 15) is 0 Å². The van der Waals surface area contributed by atoms with E-state index < -0.39 is 0 Å². The van der Waals surface area contributed by atoms with E-state index in [1.54, 1.807) is 18.5 Å². The van der Waals surface area contributed by atoms with Crippen molar-refractivity contribution >= 4 is 39.1 Å². The van der Waals surface area contributed by atoms with E-state index in [4.69, 9.17) is 17.0 Å². The molecule has 2 aromatic rings. The average Bonchev–Trinajstić information content (AvgIpc) is 3.29. The van der Waals surface area contributed by atoms with E-state index in [0.29, 0.717) is 23.5 Å². The van der Waals surface area contributed by atoms with Gasteiger partial charge in [-0.1, -0.05) is 0 Å². The lowest BCUT2D eigenvalue weighted by atomic mass is 10.2.